The van der Waals surface area contributed by atoms with E-state index in [9.17, 15) is 23.2 Å². The second-order valence-corrected chi connectivity index (χ2v) is 13.4. The Morgan fingerprint density at radius 3 is 2.38 bits per heavy atom. The molecule has 0 aliphatic carbocycles. The maximum Gasteiger partial charge on any atom is 0.417 e. The predicted molar refractivity (Wildman–Crippen MR) is 197 cm³/mol. The van der Waals surface area contributed by atoms with Crippen LogP contribution in [0.4, 0.5) is 19.0 Å². The van der Waals surface area contributed by atoms with Gasteiger partial charge in [0.15, 0.2) is 5.58 Å². The summed E-state index contributed by atoms with van der Waals surface area (Å²) in [6.07, 6.45) is -1.48. The predicted octanol–water partition coefficient (Wildman–Crippen LogP) is 10.0. The van der Waals surface area contributed by atoms with Gasteiger partial charge in [0.25, 0.3) is 5.91 Å². The normalized spacial score (nSPS) is 13.6. The fourth-order valence-corrected chi connectivity index (χ4v) is 6.63. The number of halogens is 3. The summed E-state index contributed by atoms with van der Waals surface area (Å²) in [6.45, 7) is 5.99. The number of nitrogens with zero attached hydrogens (tertiary/aromatic N) is 4. The quantitative estimate of drug-likeness (QED) is 0.159. The van der Waals surface area contributed by atoms with E-state index in [0.29, 0.717) is 64.9 Å². The monoisotopic (exact) mass is 715 g/mol. The standard InChI is InChI=1S/C42H36F3N5O3/c1-26(2)33-21-28(23-46)22-35-39(33)53-41(49-35)30-13-11-29(12-14-30)40(51)48-24-27-17-19-50(20-18-27)37-16-15-31(25-47-37)38-34(42(43,44)45)9-6-10-36(38)52-32-7-4-3-5-8-32/h3-16,21-22,25-27H,17-20,24H2,1-2H3,(H,48,51). The molecular weight excluding hydrogens is 679 g/mol. The fraction of sp³-hybridized carbons (Fsp3) is 0.238. The summed E-state index contributed by atoms with van der Waals surface area (Å²) in [5.74, 6) is 1.87. The average molecular weight is 716 g/mol. The Balaban J connectivity index is 0.958. The minimum atomic E-state index is -4.58. The van der Waals surface area contributed by atoms with Crippen molar-refractivity contribution in [2.45, 2.75) is 38.8 Å². The molecule has 53 heavy (non-hydrogen) atoms. The fourth-order valence-electron chi connectivity index (χ4n) is 6.63. The smallest absolute Gasteiger partial charge is 0.417 e. The van der Waals surface area contributed by atoms with Gasteiger partial charge in [-0.3, -0.25) is 4.79 Å². The highest BCUT2D eigenvalue weighted by Crippen LogP contribution is 2.43. The number of amides is 1. The average Bonchev–Trinajstić information content (AvgIpc) is 3.61. The third-order valence-electron chi connectivity index (χ3n) is 9.49. The molecule has 4 aromatic carbocycles. The van der Waals surface area contributed by atoms with Crippen molar-refractivity contribution < 1.29 is 27.1 Å². The van der Waals surface area contributed by atoms with Gasteiger partial charge in [0, 0.05) is 53.6 Å². The topological polar surface area (TPSA) is 104 Å². The highest BCUT2D eigenvalue weighted by molar-refractivity contribution is 5.94. The Morgan fingerprint density at radius 2 is 1.72 bits per heavy atom. The van der Waals surface area contributed by atoms with Gasteiger partial charge in [0.1, 0.15) is 22.8 Å². The molecule has 1 saturated heterocycles. The van der Waals surface area contributed by atoms with Crippen molar-refractivity contribution in [2.24, 2.45) is 5.92 Å². The highest BCUT2D eigenvalue weighted by atomic mass is 19.4. The van der Waals surface area contributed by atoms with Crippen LogP contribution < -0.4 is 15.0 Å². The van der Waals surface area contributed by atoms with Crippen molar-refractivity contribution in [3.8, 4) is 40.1 Å². The Morgan fingerprint density at radius 1 is 0.981 bits per heavy atom. The lowest BCUT2D eigenvalue weighted by Gasteiger charge is -2.33. The van der Waals surface area contributed by atoms with Gasteiger partial charge in [-0.2, -0.15) is 18.4 Å². The lowest BCUT2D eigenvalue weighted by atomic mass is 9.96. The number of oxazole rings is 1. The third kappa shape index (κ3) is 7.72. The number of benzene rings is 4. The van der Waals surface area contributed by atoms with Gasteiger partial charge in [0.05, 0.1) is 17.2 Å². The summed E-state index contributed by atoms with van der Waals surface area (Å²) in [4.78, 5) is 24.3. The molecule has 0 radical (unpaired) electrons. The van der Waals surface area contributed by atoms with Crippen LogP contribution in [0.5, 0.6) is 11.5 Å². The van der Waals surface area contributed by atoms with Crippen LogP contribution in [0.15, 0.2) is 108 Å². The Bertz CT molecular complexity index is 2270. The summed E-state index contributed by atoms with van der Waals surface area (Å²) >= 11 is 0. The molecule has 1 aliphatic heterocycles. The van der Waals surface area contributed by atoms with Gasteiger partial charge in [-0.05, 0) is 97.5 Å². The second kappa shape index (κ2) is 14.8. The summed E-state index contributed by atoms with van der Waals surface area (Å²) in [6, 6.07) is 28.8. The number of piperidine rings is 1. The van der Waals surface area contributed by atoms with Crippen molar-refractivity contribution in [1.29, 1.82) is 5.26 Å². The number of para-hydroxylation sites is 1. The molecule has 7 rings (SSSR count). The number of fused-ring (bicyclic) bond motifs is 1. The van der Waals surface area contributed by atoms with Crippen LogP contribution in [0.1, 0.15) is 59.7 Å². The number of carbonyl (C=O) groups is 1. The number of aromatic nitrogens is 2. The first-order valence-corrected chi connectivity index (χ1v) is 17.4. The van der Waals surface area contributed by atoms with Crippen LogP contribution >= 0.6 is 0 Å². The van der Waals surface area contributed by atoms with Crippen LogP contribution in [0, 0.1) is 17.2 Å². The minimum absolute atomic E-state index is 0.0616. The first-order valence-electron chi connectivity index (χ1n) is 17.4. The number of nitriles is 1. The van der Waals surface area contributed by atoms with E-state index >= 15 is 0 Å². The molecule has 0 unspecified atom stereocenters. The number of rotatable bonds is 9. The van der Waals surface area contributed by atoms with Gasteiger partial charge in [0.2, 0.25) is 5.89 Å². The van der Waals surface area contributed by atoms with Crippen LogP contribution in [0.25, 0.3) is 33.7 Å². The lowest BCUT2D eigenvalue weighted by Crippen LogP contribution is -2.39. The highest BCUT2D eigenvalue weighted by Gasteiger charge is 2.35. The molecule has 3 heterocycles. The number of anilines is 1. The van der Waals surface area contributed by atoms with Gasteiger partial charge < -0.3 is 19.4 Å². The van der Waals surface area contributed by atoms with Crippen molar-refractivity contribution in [3.05, 3.63) is 126 Å². The first-order chi connectivity index (χ1) is 25.6. The van der Waals surface area contributed by atoms with E-state index in [1.807, 2.05) is 19.9 Å². The number of hydrogen-bond acceptors (Lipinski definition) is 7. The molecule has 1 amide bonds. The third-order valence-corrected chi connectivity index (χ3v) is 9.49. The molecule has 2 aromatic heterocycles. The van der Waals surface area contributed by atoms with Gasteiger partial charge in [-0.25, -0.2) is 9.97 Å². The lowest BCUT2D eigenvalue weighted by molar-refractivity contribution is -0.137. The molecular formula is C42H36F3N5O3. The summed E-state index contributed by atoms with van der Waals surface area (Å²) < 4.78 is 54.3. The van der Waals surface area contributed by atoms with Crippen molar-refractivity contribution in [2.75, 3.05) is 24.5 Å². The Kier molecular flexibility index (Phi) is 9.87. The largest absolute Gasteiger partial charge is 0.457 e. The van der Waals surface area contributed by atoms with Crippen molar-refractivity contribution >= 4 is 22.8 Å². The van der Waals surface area contributed by atoms with E-state index < -0.39 is 11.7 Å². The molecule has 1 N–H and O–H groups in total. The molecule has 0 atom stereocenters. The van der Waals surface area contributed by atoms with Gasteiger partial charge >= 0.3 is 6.18 Å². The molecule has 11 heteroatoms. The maximum absolute atomic E-state index is 14.1. The van der Waals surface area contributed by atoms with E-state index in [1.165, 1.54) is 18.3 Å². The molecule has 1 aliphatic rings. The van der Waals surface area contributed by atoms with Crippen LogP contribution in [0.2, 0.25) is 0 Å². The molecule has 268 valence electrons. The van der Waals surface area contributed by atoms with E-state index in [1.54, 1.807) is 72.8 Å². The number of ether oxygens (including phenoxy) is 1. The van der Waals surface area contributed by atoms with Gasteiger partial charge in [-0.1, -0.05) is 38.1 Å². The summed E-state index contributed by atoms with van der Waals surface area (Å²) in [5.41, 5.74) is 3.43. The number of nitrogens with one attached hydrogen (secondary N) is 1. The van der Waals surface area contributed by atoms with E-state index in [0.717, 1.165) is 30.0 Å². The minimum Gasteiger partial charge on any atom is -0.457 e. The van der Waals surface area contributed by atoms with Crippen LogP contribution in [-0.2, 0) is 6.18 Å². The zero-order chi connectivity index (χ0) is 37.1. The SMILES string of the molecule is CC(C)c1cc(C#N)cc2nc(-c3ccc(C(=O)NCC4CCN(c5ccc(-c6c(Oc7ccccc7)cccc6C(F)(F)F)cn5)CC4)cc3)oc12. The van der Waals surface area contributed by atoms with Crippen LogP contribution in [0.3, 0.4) is 0 Å². The Labute approximate surface area is 304 Å². The zero-order valence-electron chi connectivity index (χ0n) is 29.2. The number of alkyl halides is 3. The number of carbonyl (C=O) groups excluding carboxylic acids is 1. The molecule has 0 bridgehead atoms. The van der Waals surface area contributed by atoms with E-state index in [-0.39, 0.29) is 29.1 Å². The van der Waals surface area contributed by atoms with E-state index in [2.05, 4.69) is 26.3 Å². The van der Waals surface area contributed by atoms with Crippen LogP contribution in [-0.4, -0.2) is 35.5 Å². The van der Waals surface area contributed by atoms with Gasteiger partial charge in [-0.15, -0.1) is 0 Å². The molecule has 8 nitrogen and oxygen atoms in total. The molecule has 0 saturated carbocycles. The molecule has 6 aromatic rings. The maximum atomic E-state index is 14.1. The van der Waals surface area contributed by atoms with Crippen molar-refractivity contribution in [3.63, 3.8) is 0 Å². The summed E-state index contributed by atoms with van der Waals surface area (Å²) in [7, 11) is 0. The number of hydrogen-bond donors (Lipinski definition) is 1. The summed E-state index contributed by atoms with van der Waals surface area (Å²) in [5, 5.41) is 12.5. The molecule has 0 spiro atoms. The molecule has 1 fully saturated rings. The van der Waals surface area contributed by atoms with E-state index in [4.69, 9.17) is 9.15 Å². The number of pyridine rings is 1. The second-order valence-electron chi connectivity index (χ2n) is 13.4. The first kappa shape index (κ1) is 35.3. The van der Waals surface area contributed by atoms with Crippen molar-refractivity contribution in [1.82, 2.24) is 15.3 Å². The zero-order valence-corrected chi connectivity index (χ0v) is 29.2. The Hall–Kier alpha value is -6.15.